The summed E-state index contributed by atoms with van der Waals surface area (Å²) in [5, 5.41) is 11.6. The number of piperidine rings is 1. The zero-order valence-corrected chi connectivity index (χ0v) is 19.3. The van der Waals surface area contributed by atoms with Crippen LogP contribution in [0.2, 0.25) is 0 Å². The maximum Gasteiger partial charge on any atom is 0.335 e. The number of anilines is 1. The van der Waals surface area contributed by atoms with Crippen LogP contribution < -0.4 is 10.6 Å². The van der Waals surface area contributed by atoms with Gasteiger partial charge < -0.3 is 15.7 Å². The summed E-state index contributed by atoms with van der Waals surface area (Å²) in [4.78, 5) is 47.6. The normalized spacial score (nSPS) is 24.1. The topological polar surface area (TPSA) is 129 Å². The van der Waals surface area contributed by atoms with Crippen molar-refractivity contribution in [2.24, 2.45) is 16.6 Å². The monoisotopic (exact) mass is 485 g/mol. The summed E-state index contributed by atoms with van der Waals surface area (Å²) in [6.45, 7) is 2.61. The van der Waals surface area contributed by atoms with Gasteiger partial charge in [0.05, 0.1) is 11.3 Å². The number of amidine groups is 1. The van der Waals surface area contributed by atoms with E-state index in [-0.39, 0.29) is 37.5 Å². The molecule has 9 nitrogen and oxygen atoms in total. The number of thiazole rings is 1. The van der Waals surface area contributed by atoms with Crippen LogP contribution in [0.25, 0.3) is 0 Å². The summed E-state index contributed by atoms with van der Waals surface area (Å²) in [5.74, 6) is -2.18. The third-order valence-corrected chi connectivity index (χ3v) is 7.03. The Balaban J connectivity index is 1.53. The number of fused-ring (bicyclic) bond motifs is 1. The Morgan fingerprint density at radius 2 is 2.24 bits per heavy atom. The highest BCUT2D eigenvalue weighted by atomic mass is 32.1. The minimum absolute atomic E-state index is 0.00921. The van der Waals surface area contributed by atoms with E-state index in [4.69, 9.17) is 5.73 Å². The van der Waals surface area contributed by atoms with Crippen molar-refractivity contribution in [3.63, 3.8) is 0 Å². The van der Waals surface area contributed by atoms with Crippen LogP contribution >= 0.6 is 11.3 Å². The SMILES string of the molecule is C/C(C=O)=C(/CN1CCC2(F)C(=O)N(c3cccc(C(=O)O)c3)CC2C1)N=C(N)c1nccs1. The summed E-state index contributed by atoms with van der Waals surface area (Å²) in [6, 6.07) is 5.94. The van der Waals surface area contributed by atoms with Crippen molar-refractivity contribution in [3.8, 4) is 0 Å². The van der Waals surface area contributed by atoms with Gasteiger partial charge in [0.25, 0.3) is 5.91 Å². The number of aldehydes is 1. The van der Waals surface area contributed by atoms with Gasteiger partial charge in [-0.25, -0.2) is 19.2 Å². The molecule has 34 heavy (non-hydrogen) atoms. The number of hydrogen-bond acceptors (Lipinski definition) is 7. The number of allylic oxidation sites excluding steroid dienone is 1. The molecule has 2 saturated heterocycles. The van der Waals surface area contributed by atoms with Crippen LogP contribution in [0.1, 0.15) is 28.7 Å². The Kier molecular flexibility index (Phi) is 6.58. The lowest BCUT2D eigenvalue weighted by atomic mass is 9.85. The fourth-order valence-electron chi connectivity index (χ4n) is 4.33. The number of amides is 1. The van der Waals surface area contributed by atoms with Gasteiger partial charge in [0.15, 0.2) is 16.5 Å². The van der Waals surface area contributed by atoms with Gasteiger partial charge in [-0.3, -0.25) is 14.5 Å². The third kappa shape index (κ3) is 4.48. The van der Waals surface area contributed by atoms with Gasteiger partial charge in [0.2, 0.25) is 0 Å². The minimum atomic E-state index is -2.03. The highest BCUT2D eigenvalue weighted by molar-refractivity contribution is 7.11. The van der Waals surface area contributed by atoms with Gasteiger partial charge in [-0.2, -0.15) is 0 Å². The van der Waals surface area contributed by atoms with E-state index in [1.807, 2.05) is 4.90 Å². The lowest BCUT2D eigenvalue weighted by Crippen LogP contribution is -2.51. The molecule has 2 aliphatic heterocycles. The molecule has 1 aromatic heterocycles. The van der Waals surface area contributed by atoms with Crippen molar-refractivity contribution in [1.29, 1.82) is 0 Å². The molecule has 0 saturated carbocycles. The van der Waals surface area contributed by atoms with Gasteiger partial charge in [0, 0.05) is 61.4 Å². The standard InChI is InChI=1S/C23H24FN5O4S/c1-14(13-30)18(27-19(25)20-26-6-8-34-20)12-28-7-5-23(24)16(10-28)11-29(22(23)33)17-4-2-3-15(9-17)21(31)32/h2-4,6,8-9,13,16H,5,7,10-12H2,1H3,(H2,25,27)(H,31,32)/b18-14+. The van der Waals surface area contributed by atoms with Gasteiger partial charge in [-0.1, -0.05) is 6.07 Å². The molecule has 2 fully saturated rings. The largest absolute Gasteiger partial charge is 0.478 e. The number of benzene rings is 1. The number of carboxylic acids is 1. The first kappa shape index (κ1) is 23.7. The predicted molar refractivity (Wildman–Crippen MR) is 126 cm³/mol. The predicted octanol–water partition coefficient (Wildman–Crippen LogP) is 2.10. The van der Waals surface area contributed by atoms with E-state index in [1.54, 1.807) is 24.6 Å². The zero-order valence-electron chi connectivity index (χ0n) is 18.5. The fourth-order valence-corrected chi connectivity index (χ4v) is 4.87. The number of halogens is 1. The average molecular weight is 486 g/mol. The average Bonchev–Trinajstić information content (AvgIpc) is 3.46. The molecule has 2 aromatic rings. The molecule has 4 rings (SSSR count). The van der Waals surface area contributed by atoms with E-state index in [0.717, 1.165) is 0 Å². The molecule has 0 radical (unpaired) electrons. The molecule has 1 aromatic carbocycles. The first-order valence-electron chi connectivity index (χ1n) is 10.7. The first-order valence-corrected chi connectivity index (χ1v) is 11.6. The second-order valence-corrected chi connectivity index (χ2v) is 9.29. The van der Waals surface area contributed by atoms with Crippen LogP contribution in [-0.2, 0) is 9.59 Å². The van der Waals surface area contributed by atoms with Crippen LogP contribution in [0.5, 0.6) is 0 Å². The molecule has 178 valence electrons. The van der Waals surface area contributed by atoms with Gasteiger partial charge in [-0.15, -0.1) is 11.3 Å². The molecule has 0 aliphatic carbocycles. The molecular formula is C23H24FN5O4S. The van der Waals surface area contributed by atoms with E-state index in [2.05, 4.69) is 9.98 Å². The summed E-state index contributed by atoms with van der Waals surface area (Å²) >= 11 is 1.33. The van der Waals surface area contributed by atoms with Crippen molar-refractivity contribution < 1.29 is 23.9 Å². The van der Waals surface area contributed by atoms with Gasteiger partial charge >= 0.3 is 5.97 Å². The number of nitrogens with two attached hydrogens (primary N) is 1. The maximum atomic E-state index is 15.8. The smallest absolute Gasteiger partial charge is 0.335 e. The first-order chi connectivity index (χ1) is 16.2. The number of rotatable bonds is 7. The van der Waals surface area contributed by atoms with E-state index >= 15 is 4.39 Å². The second kappa shape index (κ2) is 9.43. The molecule has 3 N–H and O–H groups in total. The molecule has 1 amide bonds. The molecule has 2 unspecified atom stereocenters. The number of carboxylic acid groups (broad SMARTS) is 1. The van der Waals surface area contributed by atoms with Crippen LogP contribution in [0, 0.1) is 5.92 Å². The molecule has 2 aliphatic rings. The summed E-state index contributed by atoms with van der Waals surface area (Å²) in [6.07, 6.45) is 2.30. The third-order valence-electron chi connectivity index (χ3n) is 6.24. The Labute approximate surface area is 199 Å². The number of carbonyl (C=O) groups is 3. The van der Waals surface area contributed by atoms with Gasteiger partial charge in [0.1, 0.15) is 6.29 Å². The number of hydrogen-bond donors (Lipinski definition) is 2. The van der Waals surface area contributed by atoms with E-state index in [0.29, 0.717) is 34.8 Å². The van der Waals surface area contributed by atoms with Crippen LogP contribution in [0.15, 0.2) is 52.1 Å². The Morgan fingerprint density at radius 1 is 1.44 bits per heavy atom. The fraction of sp³-hybridized carbons (Fsp3) is 0.348. The van der Waals surface area contributed by atoms with Crippen LogP contribution in [0.3, 0.4) is 0 Å². The second-order valence-electron chi connectivity index (χ2n) is 8.40. The van der Waals surface area contributed by atoms with Gasteiger partial charge in [-0.05, 0) is 25.1 Å². The van der Waals surface area contributed by atoms with Crippen molar-refractivity contribution in [2.75, 3.05) is 31.1 Å². The number of aromatic carboxylic acids is 1. The summed E-state index contributed by atoms with van der Waals surface area (Å²) in [7, 11) is 0. The number of alkyl halides is 1. The number of aromatic nitrogens is 1. The highest BCUT2D eigenvalue weighted by Gasteiger charge is 2.57. The summed E-state index contributed by atoms with van der Waals surface area (Å²) < 4.78 is 15.8. The van der Waals surface area contributed by atoms with Crippen molar-refractivity contribution in [3.05, 3.63) is 57.7 Å². The number of carbonyl (C=O) groups excluding carboxylic acids is 2. The van der Waals surface area contributed by atoms with E-state index in [1.165, 1.54) is 34.4 Å². The Bertz CT molecular complexity index is 1180. The van der Waals surface area contributed by atoms with Crippen LogP contribution in [-0.4, -0.2) is 70.8 Å². The zero-order chi connectivity index (χ0) is 24.5. The molecule has 0 spiro atoms. The molecule has 11 heteroatoms. The van der Waals surface area contributed by atoms with E-state index < -0.39 is 23.5 Å². The molecule has 3 heterocycles. The molecule has 0 bridgehead atoms. The van der Waals surface area contributed by atoms with Crippen molar-refractivity contribution in [1.82, 2.24) is 9.88 Å². The van der Waals surface area contributed by atoms with Crippen LogP contribution in [0.4, 0.5) is 10.1 Å². The highest BCUT2D eigenvalue weighted by Crippen LogP contribution is 2.41. The van der Waals surface area contributed by atoms with E-state index in [9.17, 15) is 19.5 Å². The van der Waals surface area contributed by atoms with Crippen molar-refractivity contribution >= 4 is 41.0 Å². The van der Waals surface area contributed by atoms with Crippen molar-refractivity contribution in [2.45, 2.75) is 19.0 Å². The maximum absolute atomic E-state index is 15.8. The lowest BCUT2D eigenvalue weighted by molar-refractivity contribution is -0.131. The Morgan fingerprint density at radius 3 is 2.91 bits per heavy atom. The number of likely N-dealkylation sites (tertiary alicyclic amines) is 1. The lowest BCUT2D eigenvalue weighted by Gasteiger charge is -2.37. The quantitative estimate of drug-likeness (QED) is 0.266. The molecular weight excluding hydrogens is 461 g/mol. The molecule has 2 atom stereocenters. The Hall–Kier alpha value is -3.44. The number of aliphatic imine (C=N–C) groups is 1. The summed E-state index contributed by atoms with van der Waals surface area (Å²) in [5.41, 5.74) is 5.29. The number of nitrogens with zero attached hydrogens (tertiary/aromatic N) is 4. The minimum Gasteiger partial charge on any atom is -0.478 e.